The van der Waals surface area contributed by atoms with Crippen molar-refractivity contribution in [1.82, 2.24) is 0 Å². The lowest BCUT2D eigenvalue weighted by Crippen LogP contribution is -2.01. The van der Waals surface area contributed by atoms with Crippen LogP contribution in [0.1, 0.15) is 15.9 Å². The summed E-state index contributed by atoms with van der Waals surface area (Å²) in [5.74, 6) is -0.994. The molecule has 4 heteroatoms. The fourth-order valence-electron chi connectivity index (χ4n) is 1.00. The molecule has 1 rings (SSSR count). The van der Waals surface area contributed by atoms with Gasteiger partial charge in [-0.3, -0.25) is 0 Å². The Morgan fingerprint density at radius 1 is 1.62 bits per heavy atom. The molecular formula is C9H7NO3. The van der Waals surface area contributed by atoms with Crippen molar-refractivity contribution in [3.63, 3.8) is 0 Å². The zero-order valence-corrected chi connectivity index (χ0v) is 6.94. The molecule has 0 saturated carbocycles. The molecule has 0 spiro atoms. The molecule has 0 fully saturated rings. The third kappa shape index (κ3) is 1.76. The van der Waals surface area contributed by atoms with Gasteiger partial charge >= 0.3 is 5.97 Å². The molecule has 0 saturated heterocycles. The molecule has 0 amide bonds. The van der Waals surface area contributed by atoms with Crippen molar-refractivity contribution in [2.24, 2.45) is 0 Å². The van der Waals surface area contributed by atoms with Gasteiger partial charge in [0.2, 0.25) is 0 Å². The number of nitriles is 1. The smallest absolute Gasteiger partial charge is 0.339 e. The van der Waals surface area contributed by atoms with Gasteiger partial charge < -0.3 is 9.84 Å². The van der Waals surface area contributed by atoms with Gasteiger partial charge in [0.15, 0.2) is 5.75 Å². The lowest BCUT2D eigenvalue weighted by Gasteiger charge is -2.04. The van der Waals surface area contributed by atoms with Crippen LogP contribution >= 0.6 is 0 Å². The van der Waals surface area contributed by atoms with E-state index in [1.165, 1.54) is 12.3 Å². The second-order valence-corrected chi connectivity index (χ2v) is 2.45. The zero-order chi connectivity index (χ0) is 9.84. The number of para-hydroxylation sites is 1. The molecule has 1 aromatic rings. The zero-order valence-electron chi connectivity index (χ0n) is 6.94. The van der Waals surface area contributed by atoms with Gasteiger partial charge in [0.1, 0.15) is 5.56 Å². The molecular weight excluding hydrogens is 170 g/mol. The van der Waals surface area contributed by atoms with Crippen molar-refractivity contribution in [2.75, 3.05) is 0 Å². The first kappa shape index (κ1) is 9.07. The standard InChI is InChI=1S/C9H7NO3/c1-6-3-2-4-7(9(11)12)8(6)13-5-10/h2-4H,1H3,(H,11,12). The Labute approximate surface area is 75.0 Å². The highest BCUT2D eigenvalue weighted by molar-refractivity contribution is 5.91. The quantitative estimate of drug-likeness (QED) is 0.696. The molecule has 1 aromatic carbocycles. The number of carboxylic acids is 1. The lowest BCUT2D eigenvalue weighted by molar-refractivity contribution is 0.0694. The average Bonchev–Trinajstić information content (AvgIpc) is 2.08. The maximum absolute atomic E-state index is 10.7. The fourth-order valence-corrected chi connectivity index (χ4v) is 1.00. The van der Waals surface area contributed by atoms with Crippen LogP contribution in [0.15, 0.2) is 18.2 Å². The molecule has 1 N–H and O–H groups in total. The van der Waals surface area contributed by atoms with Gasteiger partial charge in [0.05, 0.1) is 0 Å². The van der Waals surface area contributed by atoms with Crippen molar-refractivity contribution in [2.45, 2.75) is 6.92 Å². The lowest BCUT2D eigenvalue weighted by atomic mass is 10.1. The fraction of sp³-hybridized carbons (Fsp3) is 0.111. The molecule has 4 nitrogen and oxygen atoms in total. The summed E-state index contributed by atoms with van der Waals surface area (Å²) in [6.07, 6.45) is 1.46. The molecule has 0 aliphatic heterocycles. The highest BCUT2D eigenvalue weighted by atomic mass is 16.5. The maximum Gasteiger partial charge on any atom is 0.339 e. The van der Waals surface area contributed by atoms with E-state index in [4.69, 9.17) is 10.4 Å². The average molecular weight is 177 g/mol. The largest absolute Gasteiger partial charge is 0.478 e. The van der Waals surface area contributed by atoms with Crippen LogP contribution in [0.3, 0.4) is 0 Å². The van der Waals surface area contributed by atoms with Crippen molar-refractivity contribution < 1.29 is 14.6 Å². The minimum atomic E-state index is -1.10. The van der Waals surface area contributed by atoms with E-state index in [1.807, 2.05) is 0 Å². The highest BCUT2D eigenvalue weighted by Crippen LogP contribution is 2.22. The van der Waals surface area contributed by atoms with E-state index in [0.29, 0.717) is 5.56 Å². The first-order valence-corrected chi connectivity index (χ1v) is 3.55. The number of aromatic carboxylic acids is 1. The van der Waals surface area contributed by atoms with Gasteiger partial charge in [-0.15, -0.1) is 5.26 Å². The summed E-state index contributed by atoms with van der Waals surface area (Å²) in [6.45, 7) is 1.68. The number of hydrogen-bond acceptors (Lipinski definition) is 3. The normalized spacial score (nSPS) is 8.92. The number of benzene rings is 1. The van der Waals surface area contributed by atoms with Gasteiger partial charge in [-0.1, -0.05) is 12.1 Å². The summed E-state index contributed by atoms with van der Waals surface area (Å²) in [5, 5.41) is 17.0. The molecule has 0 aliphatic carbocycles. The number of rotatable bonds is 2. The molecule has 0 aliphatic rings. The van der Waals surface area contributed by atoms with E-state index in [9.17, 15) is 4.79 Å². The van der Waals surface area contributed by atoms with Gasteiger partial charge in [0, 0.05) is 0 Å². The second kappa shape index (κ2) is 3.59. The van der Waals surface area contributed by atoms with E-state index < -0.39 is 5.97 Å². The Kier molecular flexibility index (Phi) is 2.50. The first-order valence-electron chi connectivity index (χ1n) is 3.55. The number of ether oxygens (including phenoxy) is 1. The van der Waals surface area contributed by atoms with Crippen LogP contribution in [0, 0.1) is 18.4 Å². The monoisotopic (exact) mass is 177 g/mol. The molecule has 0 atom stereocenters. The van der Waals surface area contributed by atoms with E-state index >= 15 is 0 Å². The number of carbonyl (C=O) groups is 1. The minimum Gasteiger partial charge on any atom is -0.478 e. The van der Waals surface area contributed by atoms with Crippen molar-refractivity contribution in [1.29, 1.82) is 5.26 Å². The van der Waals surface area contributed by atoms with Gasteiger partial charge in [-0.25, -0.2) is 4.79 Å². The molecule has 13 heavy (non-hydrogen) atoms. The molecule has 0 bridgehead atoms. The number of hydrogen-bond donors (Lipinski definition) is 1. The SMILES string of the molecule is Cc1cccc(C(=O)O)c1OC#N. The number of carboxylic acid groups (broad SMARTS) is 1. The third-order valence-electron chi connectivity index (χ3n) is 1.59. The number of nitrogens with zero attached hydrogens (tertiary/aromatic N) is 1. The van der Waals surface area contributed by atoms with Crippen molar-refractivity contribution >= 4 is 5.97 Å². The first-order chi connectivity index (χ1) is 6.16. The Morgan fingerprint density at radius 3 is 2.85 bits per heavy atom. The van der Waals surface area contributed by atoms with E-state index in [1.54, 1.807) is 19.1 Å². The molecule has 0 heterocycles. The number of aryl methyl sites for hydroxylation is 1. The van der Waals surface area contributed by atoms with Crippen LogP contribution in [0.4, 0.5) is 0 Å². The predicted octanol–water partition coefficient (Wildman–Crippen LogP) is 1.55. The second-order valence-electron chi connectivity index (χ2n) is 2.45. The van der Waals surface area contributed by atoms with E-state index in [0.717, 1.165) is 0 Å². The minimum absolute atomic E-state index is 0.00144. The van der Waals surface area contributed by atoms with Crippen LogP contribution in [0.2, 0.25) is 0 Å². The summed E-state index contributed by atoms with van der Waals surface area (Å²) in [5.41, 5.74) is 0.628. The van der Waals surface area contributed by atoms with Crippen molar-refractivity contribution in [3.05, 3.63) is 29.3 Å². The predicted molar refractivity (Wildman–Crippen MR) is 44.4 cm³/mol. The van der Waals surface area contributed by atoms with Crippen LogP contribution in [-0.2, 0) is 0 Å². The van der Waals surface area contributed by atoms with Crippen LogP contribution in [-0.4, -0.2) is 11.1 Å². The van der Waals surface area contributed by atoms with Crippen molar-refractivity contribution in [3.8, 4) is 12.0 Å². The highest BCUT2D eigenvalue weighted by Gasteiger charge is 2.12. The Balaban J connectivity index is 3.27. The van der Waals surface area contributed by atoms with Crippen LogP contribution in [0.25, 0.3) is 0 Å². The van der Waals surface area contributed by atoms with Gasteiger partial charge in [-0.05, 0) is 18.6 Å². The van der Waals surface area contributed by atoms with Gasteiger partial charge in [0.25, 0.3) is 6.26 Å². The Hall–Kier alpha value is -2.02. The van der Waals surface area contributed by atoms with Crippen LogP contribution in [0.5, 0.6) is 5.75 Å². The Bertz CT molecular complexity index is 379. The van der Waals surface area contributed by atoms with E-state index in [2.05, 4.69) is 4.74 Å². The van der Waals surface area contributed by atoms with Crippen LogP contribution < -0.4 is 4.74 Å². The third-order valence-corrected chi connectivity index (χ3v) is 1.59. The van der Waals surface area contributed by atoms with E-state index in [-0.39, 0.29) is 11.3 Å². The maximum atomic E-state index is 10.7. The molecule has 0 aromatic heterocycles. The molecule has 0 unspecified atom stereocenters. The summed E-state index contributed by atoms with van der Waals surface area (Å²) < 4.78 is 4.55. The summed E-state index contributed by atoms with van der Waals surface area (Å²) >= 11 is 0. The molecule has 0 radical (unpaired) electrons. The topological polar surface area (TPSA) is 70.3 Å². The Morgan fingerprint density at radius 2 is 2.31 bits per heavy atom. The summed E-state index contributed by atoms with van der Waals surface area (Å²) in [6, 6.07) is 4.67. The summed E-state index contributed by atoms with van der Waals surface area (Å²) in [7, 11) is 0. The van der Waals surface area contributed by atoms with Gasteiger partial charge in [-0.2, -0.15) is 0 Å². The summed E-state index contributed by atoms with van der Waals surface area (Å²) in [4.78, 5) is 10.7. The molecule has 66 valence electrons.